The first-order chi connectivity index (χ1) is 4.71. The van der Waals surface area contributed by atoms with Crippen LogP contribution in [0.15, 0.2) is 6.20 Å². The molecule has 0 radical (unpaired) electrons. The van der Waals surface area contributed by atoms with Crippen LogP contribution in [-0.4, -0.2) is 4.98 Å². The highest BCUT2D eigenvalue weighted by atomic mass is 32.1. The molecule has 0 atom stereocenters. The van der Waals surface area contributed by atoms with Gasteiger partial charge in [0.25, 0.3) is 0 Å². The monoisotopic (exact) mass is 153 g/mol. The Kier molecular flexibility index (Phi) is 1.15. The molecule has 0 bridgehead atoms. The minimum atomic E-state index is 0.520. The molecule has 1 saturated carbocycles. The van der Waals surface area contributed by atoms with E-state index in [0.29, 0.717) is 5.41 Å². The van der Waals surface area contributed by atoms with Crippen molar-refractivity contribution in [1.29, 1.82) is 0 Å². The number of aryl methyl sites for hydroxylation is 1. The van der Waals surface area contributed by atoms with Crippen LogP contribution in [0, 0.1) is 6.92 Å². The second-order valence-electron chi connectivity index (χ2n) is 3.30. The highest BCUT2D eigenvalue weighted by Crippen LogP contribution is 2.49. The molecule has 0 unspecified atom stereocenters. The van der Waals surface area contributed by atoms with E-state index in [1.165, 1.54) is 22.7 Å². The molecule has 0 spiro atoms. The van der Waals surface area contributed by atoms with Crippen molar-refractivity contribution >= 4 is 11.3 Å². The van der Waals surface area contributed by atoms with Gasteiger partial charge in [-0.2, -0.15) is 0 Å². The van der Waals surface area contributed by atoms with Crippen LogP contribution in [0.5, 0.6) is 0 Å². The molecule has 2 rings (SSSR count). The van der Waals surface area contributed by atoms with Crippen molar-refractivity contribution in [1.82, 2.24) is 4.98 Å². The van der Waals surface area contributed by atoms with E-state index in [2.05, 4.69) is 18.8 Å². The van der Waals surface area contributed by atoms with Gasteiger partial charge < -0.3 is 0 Å². The summed E-state index contributed by atoms with van der Waals surface area (Å²) >= 11 is 1.85. The van der Waals surface area contributed by atoms with Crippen molar-refractivity contribution in [3.05, 3.63) is 16.1 Å². The van der Waals surface area contributed by atoms with Gasteiger partial charge >= 0.3 is 0 Å². The van der Waals surface area contributed by atoms with Crippen molar-refractivity contribution in [3.8, 4) is 0 Å². The zero-order valence-corrected chi connectivity index (χ0v) is 7.16. The van der Waals surface area contributed by atoms with E-state index in [1.807, 2.05) is 17.5 Å². The number of nitrogens with zero attached hydrogens (tertiary/aromatic N) is 1. The summed E-state index contributed by atoms with van der Waals surface area (Å²) in [4.78, 5) is 5.72. The minimum absolute atomic E-state index is 0.520. The molecule has 1 aromatic rings. The second kappa shape index (κ2) is 1.82. The highest BCUT2D eigenvalue weighted by molar-refractivity contribution is 7.11. The maximum Gasteiger partial charge on any atom is 0.0896 e. The number of aromatic nitrogens is 1. The van der Waals surface area contributed by atoms with E-state index < -0.39 is 0 Å². The van der Waals surface area contributed by atoms with E-state index in [-0.39, 0.29) is 0 Å². The largest absolute Gasteiger partial charge is 0.250 e. The van der Waals surface area contributed by atoms with E-state index in [9.17, 15) is 0 Å². The first-order valence-corrected chi connectivity index (χ1v) is 4.45. The van der Waals surface area contributed by atoms with E-state index in [1.54, 1.807) is 0 Å². The third-order valence-electron chi connectivity index (χ3n) is 2.22. The lowest BCUT2D eigenvalue weighted by Crippen LogP contribution is -1.93. The number of hydrogen-bond donors (Lipinski definition) is 0. The van der Waals surface area contributed by atoms with Gasteiger partial charge in [0, 0.05) is 16.5 Å². The Balaban J connectivity index is 2.34. The smallest absolute Gasteiger partial charge is 0.0896 e. The maximum atomic E-state index is 4.24. The van der Waals surface area contributed by atoms with Crippen LogP contribution in [0.4, 0.5) is 0 Å². The van der Waals surface area contributed by atoms with Crippen molar-refractivity contribution < 1.29 is 0 Å². The summed E-state index contributed by atoms with van der Waals surface area (Å²) in [6.45, 7) is 4.39. The molecule has 2 heteroatoms. The van der Waals surface area contributed by atoms with Gasteiger partial charge in [-0.1, -0.05) is 6.92 Å². The van der Waals surface area contributed by atoms with Gasteiger partial charge in [0.2, 0.25) is 0 Å². The molecule has 1 nitrogen and oxygen atoms in total. The third-order valence-corrected chi connectivity index (χ3v) is 3.44. The van der Waals surface area contributed by atoms with Gasteiger partial charge in [0.1, 0.15) is 0 Å². The summed E-state index contributed by atoms with van der Waals surface area (Å²) in [5, 5.41) is 1.20. The summed E-state index contributed by atoms with van der Waals surface area (Å²) in [6, 6.07) is 0. The van der Waals surface area contributed by atoms with Gasteiger partial charge in [-0.15, -0.1) is 11.3 Å². The van der Waals surface area contributed by atoms with Gasteiger partial charge in [-0.3, -0.25) is 0 Å². The van der Waals surface area contributed by atoms with E-state index in [0.717, 1.165) is 0 Å². The molecule has 0 saturated heterocycles. The van der Waals surface area contributed by atoms with Gasteiger partial charge in [-0.25, -0.2) is 4.98 Å². The Morgan fingerprint density at radius 3 is 2.70 bits per heavy atom. The van der Waals surface area contributed by atoms with Crippen LogP contribution in [-0.2, 0) is 5.41 Å². The fourth-order valence-corrected chi connectivity index (χ4v) is 2.05. The van der Waals surface area contributed by atoms with Gasteiger partial charge in [-0.05, 0) is 19.8 Å². The Morgan fingerprint density at radius 2 is 2.30 bits per heavy atom. The lowest BCUT2D eigenvalue weighted by molar-refractivity contribution is 0.806. The zero-order valence-electron chi connectivity index (χ0n) is 6.35. The van der Waals surface area contributed by atoms with Gasteiger partial charge in [0.15, 0.2) is 0 Å². The molecular weight excluding hydrogens is 142 g/mol. The number of hydrogen-bond acceptors (Lipinski definition) is 2. The molecule has 0 aromatic carbocycles. The molecule has 1 fully saturated rings. The van der Waals surface area contributed by atoms with Crippen molar-refractivity contribution in [2.24, 2.45) is 0 Å². The summed E-state index contributed by atoms with van der Waals surface area (Å²) in [5.74, 6) is 0. The van der Waals surface area contributed by atoms with E-state index in [4.69, 9.17) is 0 Å². The quantitative estimate of drug-likeness (QED) is 0.604. The number of thiazole rings is 1. The molecule has 54 valence electrons. The van der Waals surface area contributed by atoms with E-state index >= 15 is 0 Å². The molecule has 10 heavy (non-hydrogen) atoms. The minimum Gasteiger partial charge on any atom is -0.250 e. The molecular formula is C8H11NS. The molecule has 0 amide bonds. The fraction of sp³-hybridized carbons (Fsp3) is 0.625. The third kappa shape index (κ3) is 0.870. The van der Waals surface area contributed by atoms with Gasteiger partial charge in [0.05, 0.1) is 5.01 Å². The Hall–Kier alpha value is -0.370. The van der Waals surface area contributed by atoms with Crippen molar-refractivity contribution in [3.63, 3.8) is 0 Å². The predicted octanol–water partition coefficient (Wildman–Crippen LogP) is 2.50. The average Bonchev–Trinajstić information content (AvgIpc) is 2.45. The molecule has 1 aromatic heterocycles. The standard InChI is InChI=1S/C8H11NS/c1-6-9-5-7(10-6)8(2)3-4-8/h5H,3-4H2,1-2H3. The van der Waals surface area contributed by atoms with Crippen LogP contribution in [0.3, 0.4) is 0 Å². The summed E-state index contributed by atoms with van der Waals surface area (Å²) in [6.07, 6.45) is 4.75. The molecule has 0 aliphatic heterocycles. The lowest BCUT2D eigenvalue weighted by atomic mass is 10.1. The van der Waals surface area contributed by atoms with Crippen LogP contribution in [0.2, 0.25) is 0 Å². The Morgan fingerprint density at radius 1 is 1.60 bits per heavy atom. The van der Waals surface area contributed by atoms with Crippen molar-refractivity contribution in [2.45, 2.75) is 32.1 Å². The summed E-state index contributed by atoms with van der Waals surface area (Å²) < 4.78 is 0. The maximum absolute atomic E-state index is 4.24. The molecule has 1 aliphatic rings. The molecule has 0 N–H and O–H groups in total. The predicted molar refractivity (Wildman–Crippen MR) is 43.4 cm³/mol. The van der Waals surface area contributed by atoms with Crippen LogP contribution >= 0.6 is 11.3 Å². The molecule has 1 aliphatic carbocycles. The normalized spacial score (nSPS) is 21.0. The molecule has 1 heterocycles. The Bertz CT molecular complexity index is 248. The van der Waals surface area contributed by atoms with Crippen LogP contribution in [0.1, 0.15) is 29.7 Å². The highest BCUT2D eigenvalue weighted by Gasteiger charge is 2.40. The topological polar surface area (TPSA) is 12.9 Å². The second-order valence-corrected chi connectivity index (χ2v) is 4.54. The SMILES string of the molecule is Cc1ncc(C2(C)CC2)s1. The Labute approximate surface area is 65.1 Å². The lowest BCUT2D eigenvalue weighted by Gasteiger charge is -2.00. The summed E-state index contributed by atoms with van der Waals surface area (Å²) in [5.41, 5.74) is 0.520. The van der Waals surface area contributed by atoms with Crippen molar-refractivity contribution in [2.75, 3.05) is 0 Å². The van der Waals surface area contributed by atoms with Crippen LogP contribution < -0.4 is 0 Å². The first-order valence-electron chi connectivity index (χ1n) is 3.64. The first kappa shape index (κ1) is 6.35. The fourth-order valence-electron chi connectivity index (χ4n) is 1.07. The number of rotatable bonds is 1. The average molecular weight is 153 g/mol. The summed E-state index contributed by atoms with van der Waals surface area (Å²) in [7, 11) is 0. The van der Waals surface area contributed by atoms with Crippen LogP contribution in [0.25, 0.3) is 0 Å². The zero-order chi connectivity index (χ0) is 7.19.